The summed E-state index contributed by atoms with van der Waals surface area (Å²) in [6.07, 6.45) is 0. The van der Waals surface area contributed by atoms with Gasteiger partial charge in [-0.15, -0.1) is 0 Å². The highest BCUT2D eigenvalue weighted by Crippen LogP contribution is 2.23. The average Bonchev–Trinajstić information content (AvgIpc) is 2.56. The topological polar surface area (TPSA) is 47.6 Å². The Morgan fingerprint density at radius 3 is 2.27 bits per heavy atom. The normalized spacial score (nSPS) is 10.7. The summed E-state index contributed by atoms with van der Waals surface area (Å²) in [6.45, 7) is 11.3. The Hall–Kier alpha value is -2.49. The minimum Gasteiger partial charge on any atom is -0.492 e. The van der Waals surface area contributed by atoms with Gasteiger partial charge in [0.1, 0.15) is 18.1 Å². The molecule has 0 aliphatic rings. The molecule has 0 heterocycles. The summed E-state index contributed by atoms with van der Waals surface area (Å²) in [5, 5.41) is 2.81. The second kappa shape index (κ2) is 9.27. The van der Waals surface area contributed by atoms with Crippen LogP contribution in [-0.4, -0.2) is 25.7 Å². The highest BCUT2D eigenvalue weighted by atomic mass is 16.5. The van der Waals surface area contributed by atoms with E-state index >= 15 is 0 Å². The van der Waals surface area contributed by atoms with Crippen molar-refractivity contribution < 1.29 is 14.3 Å². The van der Waals surface area contributed by atoms with Gasteiger partial charge in [-0.1, -0.05) is 26.0 Å². The molecule has 0 aliphatic heterocycles. The van der Waals surface area contributed by atoms with Crippen molar-refractivity contribution in [1.82, 2.24) is 5.32 Å². The molecule has 0 saturated heterocycles. The monoisotopic (exact) mass is 355 g/mol. The molecule has 0 spiro atoms. The summed E-state index contributed by atoms with van der Waals surface area (Å²) >= 11 is 0. The summed E-state index contributed by atoms with van der Waals surface area (Å²) in [6, 6.07) is 12.0. The van der Waals surface area contributed by atoms with Crippen molar-refractivity contribution >= 4 is 5.91 Å². The molecule has 0 bridgehead atoms. The van der Waals surface area contributed by atoms with Gasteiger partial charge >= 0.3 is 0 Å². The van der Waals surface area contributed by atoms with E-state index in [9.17, 15) is 4.79 Å². The summed E-state index contributed by atoms with van der Waals surface area (Å²) in [5.74, 6) is 1.87. The van der Waals surface area contributed by atoms with E-state index in [1.165, 1.54) is 11.1 Å². The predicted molar refractivity (Wildman–Crippen MR) is 105 cm³/mol. The van der Waals surface area contributed by atoms with Gasteiger partial charge in [0.05, 0.1) is 6.54 Å². The van der Waals surface area contributed by atoms with Crippen LogP contribution >= 0.6 is 0 Å². The molecule has 26 heavy (non-hydrogen) atoms. The van der Waals surface area contributed by atoms with E-state index in [-0.39, 0.29) is 12.5 Å². The highest BCUT2D eigenvalue weighted by molar-refractivity contribution is 5.77. The third-order valence-electron chi connectivity index (χ3n) is 4.12. The van der Waals surface area contributed by atoms with E-state index in [4.69, 9.17) is 9.47 Å². The smallest absolute Gasteiger partial charge is 0.258 e. The van der Waals surface area contributed by atoms with Crippen molar-refractivity contribution in [2.45, 2.75) is 40.5 Å². The maximum absolute atomic E-state index is 11.9. The van der Waals surface area contributed by atoms with Gasteiger partial charge in [0.25, 0.3) is 5.91 Å². The quantitative estimate of drug-likeness (QED) is 0.718. The van der Waals surface area contributed by atoms with Crippen LogP contribution in [0, 0.1) is 20.8 Å². The predicted octanol–water partition coefficient (Wildman–Crippen LogP) is 4.31. The van der Waals surface area contributed by atoms with E-state index in [0.29, 0.717) is 24.8 Å². The first kappa shape index (κ1) is 19.8. The first-order valence-corrected chi connectivity index (χ1v) is 9.06. The number of hydrogen-bond donors (Lipinski definition) is 1. The number of ether oxygens (including phenoxy) is 2. The first-order valence-electron chi connectivity index (χ1n) is 9.06. The van der Waals surface area contributed by atoms with Gasteiger partial charge in [-0.2, -0.15) is 0 Å². The minimum atomic E-state index is -0.153. The maximum Gasteiger partial charge on any atom is 0.258 e. The molecule has 4 nitrogen and oxygen atoms in total. The standard InChI is InChI=1S/C22H29NO3/c1-15(2)21-7-6-19(13-18(21)5)26-14-22(24)23-8-9-25-20-11-16(3)10-17(4)12-20/h6-7,10-13,15H,8-9,14H2,1-5H3,(H,23,24). The van der Waals surface area contributed by atoms with Gasteiger partial charge in [-0.25, -0.2) is 0 Å². The third kappa shape index (κ3) is 6.10. The number of carbonyl (C=O) groups is 1. The van der Waals surface area contributed by atoms with Crippen LogP contribution in [0.5, 0.6) is 11.5 Å². The van der Waals surface area contributed by atoms with E-state index in [1.54, 1.807) is 0 Å². The molecular formula is C22H29NO3. The molecule has 0 aliphatic carbocycles. The molecule has 2 aromatic rings. The molecule has 2 rings (SSSR count). The summed E-state index contributed by atoms with van der Waals surface area (Å²) in [4.78, 5) is 11.9. The Labute approximate surface area is 156 Å². The van der Waals surface area contributed by atoms with Gasteiger partial charge in [0.2, 0.25) is 0 Å². The molecule has 1 N–H and O–H groups in total. The van der Waals surface area contributed by atoms with Crippen LogP contribution in [-0.2, 0) is 4.79 Å². The van der Waals surface area contributed by atoms with Crippen LogP contribution in [0.15, 0.2) is 36.4 Å². The fourth-order valence-electron chi connectivity index (χ4n) is 2.96. The molecule has 0 radical (unpaired) electrons. The summed E-state index contributed by atoms with van der Waals surface area (Å²) in [5.41, 5.74) is 4.80. The van der Waals surface area contributed by atoms with Gasteiger partial charge < -0.3 is 14.8 Å². The second-order valence-corrected chi connectivity index (χ2v) is 6.98. The molecule has 1 amide bonds. The lowest BCUT2D eigenvalue weighted by molar-refractivity contribution is -0.123. The SMILES string of the molecule is Cc1cc(C)cc(OCCNC(=O)COc2ccc(C(C)C)c(C)c2)c1. The van der Waals surface area contributed by atoms with Gasteiger partial charge in [0.15, 0.2) is 6.61 Å². The van der Waals surface area contributed by atoms with E-state index in [1.807, 2.05) is 38.1 Å². The second-order valence-electron chi connectivity index (χ2n) is 6.98. The maximum atomic E-state index is 11.9. The van der Waals surface area contributed by atoms with Crippen LogP contribution in [0.4, 0.5) is 0 Å². The Balaban J connectivity index is 1.71. The molecule has 4 heteroatoms. The number of hydrogen-bond acceptors (Lipinski definition) is 3. The number of aryl methyl sites for hydroxylation is 3. The molecule has 0 aromatic heterocycles. The fourth-order valence-corrected chi connectivity index (χ4v) is 2.96. The van der Waals surface area contributed by atoms with Crippen LogP contribution < -0.4 is 14.8 Å². The summed E-state index contributed by atoms with van der Waals surface area (Å²) in [7, 11) is 0. The van der Waals surface area contributed by atoms with Crippen molar-refractivity contribution in [3.8, 4) is 11.5 Å². The van der Waals surface area contributed by atoms with Crippen molar-refractivity contribution in [1.29, 1.82) is 0 Å². The lowest BCUT2D eigenvalue weighted by atomic mass is 9.98. The van der Waals surface area contributed by atoms with E-state index < -0.39 is 0 Å². The molecule has 0 saturated carbocycles. The molecule has 140 valence electrons. The summed E-state index contributed by atoms with van der Waals surface area (Å²) < 4.78 is 11.3. The molecule has 0 atom stereocenters. The number of benzene rings is 2. The Bertz CT molecular complexity index is 733. The minimum absolute atomic E-state index is 0.00399. The van der Waals surface area contributed by atoms with Gasteiger partial charge in [-0.05, 0) is 73.2 Å². The highest BCUT2D eigenvalue weighted by Gasteiger charge is 2.07. The molecule has 0 unspecified atom stereocenters. The van der Waals surface area contributed by atoms with Crippen LogP contribution in [0.3, 0.4) is 0 Å². The molecular weight excluding hydrogens is 326 g/mol. The van der Waals surface area contributed by atoms with Crippen LogP contribution in [0.1, 0.15) is 42.0 Å². The fraction of sp³-hybridized carbons (Fsp3) is 0.409. The van der Waals surface area contributed by atoms with Crippen LogP contribution in [0.2, 0.25) is 0 Å². The van der Waals surface area contributed by atoms with Crippen molar-refractivity contribution in [3.63, 3.8) is 0 Å². The first-order chi connectivity index (χ1) is 12.3. The lowest BCUT2D eigenvalue weighted by Gasteiger charge is -2.13. The Morgan fingerprint density at radius 2 is 1.65 bits per heavy atom. The van der Waals surface area contributed by atoms with Gasteiger partial charge in [-0.3, -0.25) is 4.79 Å². The van der Waals surface area contributed by atoms with Crippen molar-refractivity contribution in [3.05, 3.63) is 58.7 Å². The largest absolute Gasteiger partial charge is 0.492 e. The zero-order valence-electron chi connectivity index (χ0n) is 16.4. The van der Waals surface area contributed by atoms with Crippen LogP contribution in [0.25, 0.3) is 0 Å². The zero-order valence-corrected chi connectivity index (χ0v) is 16.4. The van der Waals surface area contributed by atoms with E-state index in [2.05, 4.69) is 38.2 Å². The number of rotatable bonds is 8. The zero-order chi connectivity index (χ0) is 19.1. The molecule has 0 fully saturated rings. The number of nitrogens with one attached hydrogen (secondary N) is 1. The molecule has 2 aromatic carbocycles. The Morgan fingerprint density at radius 1 is 0.962 bits per heavy atom. The number of amides is 1. The van der Waals surface area contributed by atoms with E-state index in [0.717, 1.165) is 16.9 Å². The van der Waals surface area contributed by atoms with Gasteiger partial charge in [0, 0.05) is 0 Å². The third-order valence-corrected chi connectivity index (χ3v) is 4.12. The Kier molecular flexibility index (Phi) is 7.07. The van der Waals surface area contributed by atoms with Crippen molar-refractivity contribution in [2.24, 2.45) is 0 Å². The average molecular weight is 355 g/mol. The van der Waals surface area contributed by atoms with Crippen molar-refractivity contribution in [2.75, 3.05) is 19.8 Å². The number of carbonyl (C=O) groups excluding carboxylic acids is 1. The lowest BCUT2D eigenvalue weighted by Crippen LogP contribution is -2.32.